The van der Waals surface area contributed by atoms with Crippen molar-refractivity contribution in [3.63, 3.8) is 0 Å². The number of aromatic nitrogens is 1. The fourth-order valence-electron chi connectivity index (χ4n) is 9.67. The van der Waals surface area contributed by atoms with Crippen molar-refractivity contribution in [2.45, 2.75) is 128 Å². The minimum Gasteiger partial charge on any atom is -0.453 e. The number of hydrogen-bond acceptors (Lipinski definition) is 12. The monoisotopic (exact) mass is 812 g/mol. The average molecular weight is 813 g/mol. The van der Waals surface area contributed by atoms with Crippen LogP contribution in [0.4, 0.5) is 13.6 Å². The van der Waals surface area contributed by atoms with E-state index in [-0.39, 0.29) is 32.5 Å². The Morgan fingerprint density at radius 2 is 1.81 bits per heavy atom. The van der Waals surface area contributed by atoms with E-state index in [0.717, 1.165) is 22.2 Å². The number of aliphatic hydroxyl groups excluding tert-OH is 1. The zero-order valence-corrected chi connectivity index (χ0v) is 34.9. The molecular formula is C43H58F2N4O9. The number of alkyl halides is 2. The summed E-state index contributed by atoms with van der Waals surface area (Å²) in [5.41, 5.74) is -0.721. The number of aliphatic imine (C=N–C) groups is 1. The van der Waals surface area contributed by atoms with Gasteiger partial charge in [0.1, 0.15) is 12.2 Å². The van der Waals surface area contributed by atoms with Gasteiger partial charge >= 0.3 is 18.0 Å². The summed E-state index contributed by atoms with van der Waals surface area (Å²) in [4.78, 5) is 54.0. The molecule has 0 aliphatic carbocycles. The maximum Gasteiger partial charge on any atom is 0.410 e. The van der Waals surface area contributed by atoms with E-state index in [1.54, 1.807) is 33.0 Å². The Morgan fingerprint density at radius 3 is 2.52 bits per heavy atom. The molecule has 15 heteroatoms. The number of rotatable bonds is 8. The third kappa shape index (κ3) is 8.29. The number of carbonyl (C=O) groups excluding carboxylic acids is 3. The summed E-state index contributed by atoms with van der Waals surface area (Å²) in [6, 6.07) is 8.53. The Morgan fingerprint density at radius 1 is 1.09 bits per heavy atom. The predicted molar refractivity (Wildman–Crippen MR) is 212 cm³/mol. The summed E-state index contributed by atoms with van der Waals surface area (Å²) in [6.07, 6.45) is -0.518. The highest BCUT2D eigenvalue weighted by atomic mass is 19.3. The van der Waals surface area contributed by atoms with Crippen molar-refractivity contribution in [2.24, 2.45) is 22.7 Å². The van der Waals surface area contributed by atoms with Gasteiger partial charge in [0.25, 0.3) is 0 Å². The van der Waals surface area contributed by atoms with Gasteiger partial charge in [-0.05, 0) is 77.7 Å². The fraction of sp³-hybridized carbons (Fsp3) is 0.651. The van der Waals surface area contributed by atoms with Gasteiger partial charge in [0, 0.05) is 35.8 Å². The predicted octanol–water partition coefficient (Wildman–Crippen LogP) is 5.71. The molecule has 2 bridgehead atoms. The lowest BCUT2D eigenvalue weighted by molar-refractivity contribution is -0.297. The molecule has 4 aliphatic rings. The number of carbonyl (C=O) groups is 3. The summed E-state index contributed by atoms with van der Waals surface area (Å²) in [6.45, 7) is 12.2. The SMILES string of the molecule is CC[C@@H]1OC(=O)C(F)(F)C(=O)[C@H](C)[C@@H](O[C@@H]2O[C@H](C)C[C@H](N(C)C)[C@H]2O)[C@@](C)(OC/C=C/c2cnc3ccccc3c2)C[C@@H](C)C2=NCCN3C(=O)O[C@@]1(C)[C@H]3[C@@H]2C. The normalized spacial score (nSPS) is 37.4. The van der Waals surface area contributed by atoms with Crippen LogP contribution < -0.4 is 0 Å². The number of halogens is 2. The molecule has 6 rings (SSSR count). The van der Waals surface area contributed by atoms with Crippen molar-refractivity contribution < 1.29 is 52.0 Å². The van der Waals surface area contributed by atoms with Gasteiger partial charge in [0.15, 0.2) is 11.9 Å². The second kappa shape index (κ2) is 17.0. The molecule has 3 fully saturated rings. The number of cyclic esters (lactones) is 1. The molecule has 1 N–H and O–H groups in total. The third-order valence-electron chi connectivity index (χ3n) is 12.5. The van der Waals surface area contributed by atoms with Crippen LogP contribution in [-0.2, 0) is 33.3 Å². The summed E-state index contributed by atoms with van der Waals surface area (Å²) in [5.74, 6) is -11.0. The average Bonchev–Trinajstić information content (AvgIpc) is 3.30. The molecule has 1 aromatic carbocycles. The molecule has 1 aromatic heterocycles. The van der Waals surface area contributed by atoms with E-state index in [4.69, 9.17) is 28.7 Å². The number of aliphatic hydroxyl groups is 1. The first-order chi connectivity index (χ1) is 27.3. The smallest absolute Gasteiger partial charge is 0.410 e. The van der Waals surface area contributed by atoms with E-state index in [0.29, 0.717) is 6.42 Å². The van der Waals surface area contributed by atoms with Crippen molar-refractivity contribution in [1.29, 1.82) is 0 Å². The molecule has 58 heavy (non-hydrogen) atoms. The van der Waals surface area contributed by atoms with Crippen molar-refractivity contribution in [3.8, 4) is 0 Å². The number of Topliss-reactive ketones (excluding diaryl/α,β-unsaturated/α-hetero) is 1. The largest absolute Gasteiger partial charge is 0.453 e. The van der Waals surface area contributed by atoms with E-state index in [1.807, 2.05) is 76.2 Å². The van der Waals surface area contributed by atoms with Crippen LogP contribution in [0, 0.1) is 17.8 Å². The molecule has 0 unspecified atom stereocenters. The maximum absolute atomic E-state index is 16.4. The molecular weight excluding hydrogens is 754 g/mol. The standard InChI is InChI=1S/C43H58F2N4O9/c1-10-32-42(7)35-26(4)33(46-17-18-49(35)40(53)58-42)24(2)22-41(6,54-19-13-14-28-21-29-15-11-12-16-30(29)47-23-28)37(27(5)36(51)43(44,45)39(52)56-32)57-38-34(50)31(48(8)9)20-25(3)55-38/h11-16,21,23-27,31-32,34-35,37-38,50H,10,17-20,22H2,1-9H3/b14-13+/t24-,25-,26-,27+,31+,32+,34-,35-,37-,38+,41+,42-/m1/s1. The number of fused-ring (bicyclic) bond motifs is 2. The highest BCUT2D eigenvalue weighted by Gasteiger charge is 2.63. The van der Waals surface area contributed by atoms with Crippen LogP contribution in [0.5, 0.6) is 0 Å². The van der Waals surface area contributed by atoms with E-state index in [2.05, 4.69) is 4.98 Å². The Bertz CT molecular complexity index is 1910. The molecule has 0 saturated carbocycles. The summed E-state index contributed by atoms with van der Waals surface area (Å²) in [7, 11) is 3.62. The van der Waals surface area contributed by atoms with Gasteiger partial charge in [-0.15, -0.1) is 0 Å². The molecule has 0 spiro atoms. The molecule has 13 nitrogen and oxygen atoms in total. The first-order valence-electron chi connectivity index (χ1n) is 20.3. The molecule has 0 radical (unpaired) electrons. The van der Waals surface area contributed by atoms with Gasteiger partial charge in [0.2, 0.25) is 5.78 Å². The van der Waals surface area contributed by atoms with Crippen LogP contribution in [0.1, 0.15) is 73.3 Å². The maximum atomic E-state index is 16.4. The molecule has 1 amide bonds. The second-order valence-electron chi connectivity index (χ2n) is 17.0. The van der Waals surface area contributed by atoms with E-state index >= 15 is 8.78 Å². The van der Waals surface area contributed by atoms with Crippen molar-refractivity contribution in [1.82, 2.24) is 14.8 Å². The number of nitrogens with zero attached hydrogens (tertiary/aromatic N) is 4. The molecule has 4 aliphatic heterocycles. The highest BCUT2D eigenvalue weighted by molar-refractivity contribution is 6.06. The van der Waals surface area contributed by atoms with Gasteiger partial charge in [-0.2, -0.15) is 8.78 Å². The number of ether oxygens (including phenoxy) is 5. The molecule has 2 aromatic rings. The quantitative estimate of drug-likeness (QED) is 0.258. The minimum absolute atomic E-state index is 0.0248. The number of benzene rings is 1. The fourth-order valence-corrected chi connectivity index (χ4v) is 9.67. The van der Waals surface area contributed by atoms with Crippen molar-refractivity contribution >= 4 is 40.5 Å². The zero-order valence-electron chi connectivity index (χ0n) is 34.9. The van der Waals surface area contributed by atoms with Gasteiger partial charge in [-0.25, -0.2) is 9.59 Å². The number of esters is 1. The Kier molecular flexibility index (Phi) is 12.8. The molecule has 3 saturated heterocycles. The van der Waals surface area contributed by atoms with Gasteiger partial charge < -0.3 is 33.7 Å². The van der Waals surface area contributed by atoms with E-state index < -0.39 is 95.5 Å². The zero-order chi connectivity index (χ0) is 42.3. The molecule has 5 heterocycles. The summed E-state index contributed by atoms with van der Waals surface area (Å²) in [5, 5.41) is 12.5. The number of para-hydroxylation sites is 1. The lowest BCUT2D eigenvalue weighted by atomic mass is 9.73. The van der Waals surface area contributed by atoms with Gasteiger partial charge in [0.05, 0.1) is 48.4 Å². The first-order valence-corrected chi connectivity index (χ1v) is 20.3. The van der Waals surface area contributed by atoms with Crippen LogP contribution in [0.15, 0.2) is 47.6 Å². The van der Waals surface area contributed by atoms with Crippen LogP contribution >= 0.6 is 0 Å². The first kappa shape index (κ1) is 43.7. The van der Waals surface area contributed by atoms with Crippen LogP contribution in [0.3, 0.4) is 0 Å². The van der Waals surface area contributed by atoms with E-state index in [1.165, 1.54) is 11.8 Å². The topological polar surface area (TPSA) is 149 Å². The van der Waals surface area contributed by atoms with Gasteiger partial charge in [-0.3, -0.25) is 19.7 Å². The van der Waals surface area contributed by atoms with Crippen LogP contribution in [-0.4, -0.2) is 137 Å². The Labute approximate surface area is 339 Å². The number of ketones is 1. The Hall–Kier alpha value is -3.89. The van der Waals surface area contributed by atoms with Crippen LogP contribution in [0.25, 0.3) is 17.0 Å². The van der Waals surface area contributed by atoms with Crippen LogP contribution in [0.2, 0.25) is 0 Å². The van der Waals surface area contributed by atoms with E-state index in [9.17, 15) is 19.5 Å². The molecule has 12 atom stereocenters. The number of amides is 1. The highest BCUT2D eigenvalue weighted by Crippen LogP contribution is 2.45. The second-order valence-corrected chi connectivity index (χ2v) is 17.0. The summed E-state index contributed by atoms with van der Waals surface area (Å²) < 4.78 is 63.6. The Balaban J connectivity index is 1.44. The lowest BCUT2D eigenvalue weighted by Gasteiger charge is -2.47. The van der Waals surface area contributed by atoms with Gasteiger partial charge in [-0.1, -0.05) is 58.0 Å². The lowest BCUT2D eigenvalue weighted by Crippen LogP contribution is -2.61. The molecule has 318 valence electrons. The number of likely N-dealkylation sites (N-methyl/N-ethyl adjacent to an activating group) is 1. The summed E-state index contributed by atoms with van der Waals surface area (Å²) >= 11 is 0. The number of hydrogen-bond donors (Lipinski definition) is 1. The third-order valence-corrected chi connectivity index (χ3v) is 12.5. The van der Waals surface area contributed by atoms with Crippen molar-refractivity contribution in [2.75, 3.05) is 33.8 Å². The van der Waals surface area contributed by atoms with Crippen molar-refractivity contribution in [3.05, 3.63) is 48.2 Å². The minimum atomic E-state index is -4.64. The number of pyridine rings is 1.